The van der Waals surface area contributed by atoms with E-state index in [1.54, 1.807) is 12.1 Å². The molecule has 0 radical (unpaired) electrons. The summed E-state index contributed by atoms with van der Waals surface area (Å²) in [5.41, 5.74) is 0.432. The molecule has 2 amide bonds. The summed E-state index contributed by atoms with van der Waals surface area (Å²) in [4.78, 5) is 12.0. The first-order valence-electron chi connectivity index (χ1n) is 8.08. The lowest BCUT2D eigenvalue weighted by Gasteiger charge is -2.28. The van der Waals surface area contributed by atoms with E-state index in [9.17, 15) is 14.3 Å². The fraction of sp³-hybridized carbons (Fsp3) is 0.588. The molecule has 0 bridgehead atoms. The second-order valence-corrected chi connectivity index (χ2v) is 6.55. The minimum atomic E-state index is -0.457. The molecule has 3 rings (SSSR count). The third-order valence-electron chi connectivity index (χ3n) is 4.93. The molecule has 1 aromatic rings. The molecule has 120 valence electrons. The molecule has 2 fully saturated rings. The van der Waals surface area contributed by atoms with Gasteiger partial charge < -0.3 is 15.7 Å². The molecule has 0 heterocycles. The van der Waals surface area contributed by atoms with Crippen molar-refractivity contribution >= 4 is 6.03 Å². The molecule has 0 aromatic heterocycles. The van der Waals surface area contributed by atoms with E-state index >= 15 is 0 Å². The van der Waals surface area contributed by atoms with Crippen molar-refractivity contribution in [3.63, 3.8) is 0 Å². The number of benzene rings is 1. The van der Waals surface area contributed by atoms with E-state index in [1.165, 1.54) is 6.07 Å². The van der Waals surface area contributed by atoms with E-state index in [2.05, 4.69) is 10.6 Å². The van der Waals surface area contributed by atoms with E-state index in [0.717, 1.165) is 38.5 Å². The van der Waals surface area contributed by atoms with Crippen LogP contribution in [0.2, 0.25) is 0 Å². The topological polar surface area (TPSA) is 61.4 Å². The molecule has 2 atom stereocenters. The molecule has 4 nitrogen and oxygen atoms in total. The number of carbonyl (C=O) groups is 1. The van der Waals surface area contributed by atoms with Gasteiger partial charge in [0.1, 0.15) is 5.82 Å². The third kappa shape index (κ3) is 3.24. The Kier molecular flexibility index (Phi) is 4.34. The molecule has 22 heavy (non-hydrogen) atoms. The summed E-state index contributed by atoms with van der Waals surface area (Å²) in [5.74, 6) is -0.204. The standard InChI is InChI=1S/C17H23FN2O2/c18-13-6-2-1-5-12(13)17(9-10-17)11-19-16(22)20-14-7-3-4-8-15(14)21/h1-2,5-6,14-15,21H,3-4,7-11H2,(H2,19,20,22). The number of rotatable bonds is 4. The fourth-order valence-electron chi connectivity index (χ4n) is 3.33. The number of halogens is 1. The summed E-state index contributed by atoms with van der Waals surface area (Å²) in [6.07, 6.45) is 4.91. The van der Waals surface area contributed by atoms with Gasteiger partial charge in [-0.25, -0.2) is 9.18 Å². The lowest BCUT2D eigenvalue weighted by molar-refractivity contribution is 0.0943. The van der Waals surface area contributed by atoms with Gasteiger partial charge in [-0.3, -0.25) is 0 Å². The van der Waals surface area contributed by atoms with Crippen molar-refractivity contribution < 1.29 is 14.3 Å². The van der Waals surface area contributed by atoms with Gasteiger partial charge in [0.25, 0.3) is 0 Å². The maximum absolute atomic E-state index is 13.9. The van der Waals surface area contributed by atoms with Crippen molar-refractivity contribution in [3.8, 4) is 0 Å². The van der Waals surface area contributed by atoms with Crippen LogP contribution in [0.25, 0.3) is 0 Å². The molecule has 2 saturated carbocycles. The zero-order valence-corrected chi connectivity index (χ0v) is 12.6. The zero-order valence-electron chi connectivity index (χ0n) is 12.6. The number of nitrogens with one attached hydrogen (secondary N) is 2. The largest absolute Gasteiger partial charge is 0.391 e. The highest BCUT2D eigenvalue weighted by molar-refractivity contribution is 5.74. The molecule has 0 saturated heterocycles. The third-order valence-corrected chi connectivity index (χ3v) is 4.93. The molecular weight excluding hydrogens is 283 g/mol. The summed E-state index contributed by atoms with van der Waals surface area (Å²) in [5, 5.41) is 15.6. The first-order chi connectivity index (χ1) is 10.6. The molecule has 5 heteroatoms. The Balaban J connectivity index is 1.54. The summed E-state index contributed by atoms with van der Waals surface area (Å²) in [6.45, 7) is 0.433. The molecule has 3 N–H and O–H groups in total. The molecule has 2 aliphatic rings. The van der Waals surface area contributed by atoms with E-state index in [0.29, 0.717) is 12.1 Å². The average molecular weight is 306 g/mol. The second kappa shape index (κ2) is 6.24. The van der Waals surface area contributed by atoms with Crippen molar-refractivity contribution in [2.75, 3.05) is 6.54 Å². The van der Waals surface area contributed by atoms with Crippen molar-refractivity contribution in [3.05, 3.63) is 35.6 Å². The highest BCUT2D eigenvalue weighted by Gasteiger charge is 2.46. The molecule has 2 unspecified atom stereocenters. The molecule has 0 aliphatic heterocycles. The maximum Gasteiger partial charge on any atom is 0.315 e. The number of aliphatic hydroxyl groups is 1. The fourth-order valence-corrected chi connectivity index (χ4v) is 3.33. The van der Waals surface area contributed by atoms with Crippen molar-refractivity contribution in [2.24, 2.45) is 0 Å². The summed E-state index contributed by atoms with van der Waals surface area (Å²) in [6, 6.07) is 6.34. The lowest BCUT2D eigenvalue weighted by atomic mass is 9.93. The normalized spacial score (nSPS) is 26.3. The SMILES string of the molecule is O=C(NCC1(c2ccccc2F)CC1)NC1CCCCC1O. The Labute approximate surface area is 130 Å². The second-order valence-electron chi connectivity index (χ2n) is 6.55. The molecule has 0 spiro atoms. The van der Waals surface area contributed by atoms with Gasteiger partial charge in [-0.15, -0.1) is 0 Å². The van der Waals surface area contributed by atoms with Crippen LogP contribution in [0.15, 0.2) is 24.3 Å². The number of carbonyl (C=O) groups excluding carboxylic acids is 1. The quantitative estimate of drug-likeness (QED) is 0.800. The van der Waals surface area contributed by atoms with Crippen molar-refractivity contribution in [1.82, 2.24) is 10.6 Å². The van der Waals surface area contributed by atoms with Crippen molar-refractivity contribution in [2.45, 2.75) is 56.1 Å². The Hall–Kier alpha value is -1.62. The first kappa shape index (κ1) is 15.3. The van der Waals surface area contributed by atoms with Crippen LogP contribution in [0.3, 0.4) is 0 Å². The van der Waals surface area contributed by atoms with Gasteiger partial charge in [0, 0.05) is 12.0 Å². The molecule has 1 aromatic carbocycles. The maximum atomic E-state index is 13.9. The summed E-state index contributed by atoms with van der Waals surface area (Å²) < 4.78 is 13.9. The van der Waals surface area contributed by atoms with E-state index in [4.69, 9.17) is 0 Å². The van der Waals surface area contributed by atoms with Gasteiger partial charge in [-0.2, -0.15) is 0 Å². The van der Waals surface area contributed by atoms with E-state index < -0.39 is 6.10 Å². The van der Waals surface area contributed by atoms with Gasteiger partial charge in [-0.1, -0.05) is 31.0 Å². The minimum absolute atomic E-state index is 0.169. The van der Waals surface area contributed by atoms with Crippen LogP contribution >= 0.6 is 0 Å². The predicted octanol–water partition coefficient (Wildman–Crippen LogP) is 2.46. The smallest absolute Gasteiger partial charge is 0.315 e. The van der Waals surface area contributed by atoms with E-state index in [-0.39, 0.29) is 23.3 Å². The highest BCUT2D eigenvalue weighted by atomic mass is 19.1. The average Bonchev–Trinajstić information content (AvgIpc) is 3.29. The summed E-state index contributed by atoms with van der Waals surface area (Å²) in [7, 11) is 0. The van der Waals surface area contributed by atoms with Crippen LogP contribution in [0.5, 0.6) is 0 Å². The number of amides is 2. The number of urea groups is 1. The number of hydrogen-bond donors (Lipinski definition) is 3. The Morgan fingerprint density at radius 1 is 1.27 bits per heavy atom. The van der Waals surface area contributed by atoms with E-state index in [1.807, 2.05) is 6.07 Å². The van der Waals surface area contributed by atoms with Crippen molar-refractivity contribution in [1.29, 1.82) is 0 Å². The molecule has 2 aliphatic carbocycles. The Morgan fingerprint density at radius 3 is 2.68 bits per heavy atom. The van der Waals surface area contributed by atoms with Crippen LogP contribution in [-0.4, -0.2) is 29.8 Å². The first-order valence-corrected chi connectivity index (χ1v) is 8.08. The van der Waals surface area contributed by atoms with Crippen LogP contribution in [0, 0.1) is 5.82 Å². The zero-order chi connectivity index (χ0) is 15.6. The number of hydrogen-bond acceptors (Lipinski definition) is 2. The highest BCUT2D eigenvalue weighted by Crippen LogP contribution is 2.48. The van der Waals surface area contributed by atoms with Gasteiger partial charge in [0.05, 0.1) is 12.1 Å². The molecular formula is C17H23FN2O2. The van der Waals surface area contributed by atoms with Gasteiger partial charge >= 0.3 is 6.03 Å². The van der Waals surface area contributed by atoms with Crippen LogP contribution in [0.1, 0.15) is 44.1 Å². The summed E-state index contributed by atoms with van der Waals surface area (Å²) >= 11 is 0. The number of aliphatic hydroxyl groups excluding tert-OH is 1. The lowest BCUT2D eigenvalue weighted by Crippen LogP contribution is -2.50. The predicted molar refractivity (Wildman–Crippen MR) is 82.1 cm³/mol. The Morgan fingerprint density at radius 2 is 2.00 bits per heavy atom. The Bertz CT molecular complexity index is 545. The van der Waals surface area contributed by atoms with Gasteiger partial charge in [0.2, 0.25) is 0 Å². The van der Waals surface area contributed by atoms with Crippen LogP contribution < -0.4 is 10.6 Å². The monoisotopic (exact) mass is 306 g/mol. The van der Waals surface area contributed by atoms with Crippen LogP contribution in [0.4, 0.5) is 9.18 Å². The van der Waals surface area contributed by atoms with Crippen LogP contribution in [-0.2, 0) is 5.41 Å². The van der Waals surface area contributed by atoms with Gasteiger partial charge in [-0.05, 0) is 37.3 Å². The van der Waals surface area contributed by atoms with Gasteiger partial charge in [0.15, 0.2) is 0 Å². The minimum Gasteiger partial charge on any atom is -0.391 e.